The van der Waals surface area contributed by atoms with E-state index in [1.165, 1.54) is 38.5 Å². The summed E-state index contributed by atoms with van der Waals surface area (Å²) < 4.78 is 152. The number of methoxy groups -OCH3 is 2. The highest BCUT2D eigenvalue weighted by molar-refractivity contribution is 5.40. The number of ether oxygens (including phenoxy) is 6. The van der Waals surface area contributed by atoms with Crippen LogP contribution in [0.1, 0.15) is 33.6 Å². The molecule has 0 saturated carbocycles. The molecule has 2 aliphatic rings. The fourth-order valence-electron chi connectivity index (χ4n) is 6.10. The number of nitrogens with one attached hydrogen (secondary N) is 2. The SMILES string of the molecule is COc1ccc(Cc2c(OC3OC(CO)C(F)(F)C(O)C3O)n[nH]c2C(F)(F)F)cc1.COc1ccc(Cc2c(OC3OC(CO)C(F)C(O)C3O)n[nH]c2C(F)(F)F)cc1. The van der Waals surface area contributed by atoms with E-state index in [9.17, 15) is 59.9 Å². The number of hydrogen-bond donors (Lipinski definition) is 8. The molecule has 2 aromatic carbocycles. The molecule has 0 spiro atoms. The number of H-pyrrole nitrogens is 2. The first-order valence-corrected chi connectivity index (χ1v) is 17.8. The summed E-state index contributed by atoms with van der Waals surface area (Å²) in [5, 5.41) is 68.2. The Hall–Kier alpha value is -4.89. The Morgan fingerprint density at radius 2 is 1.08 bits per heavy atom. The van der Waals surface area contributed by atoms with Gasteiger partial charge in [0.25, 0.3) is 0 Å². The molecule has 8 N–H and O–H groups in total. The lowest BCUT2D eigenvalue weighted by atomic mass is 9.98. The molecule has 2 aliphatic heterocycles. The van der Waals surface area contributed by atoms with Crippen LogP contribution in [-0.4, -0.2) is 140 Å². The molecule has 25 heteroatoms. The molecular weight excluding hydrogens is 851 g/mol. The van der Waals surface area contributed by atoms with Crippen LogP contribution in [0.5, 0.6) is 23.3 Å². The number of hydrogen-bond acceptors (Lipinski definition) is 14. The maximum Gasteiger partial charge on any atom is 0.433 e. The van der Waals surface area contributed by atoms with E-state index < -0.39 is 116 Å². The molecule has 2 fully saturated rings. The van der Waals surface area contributed by atoms with Gasteiger partial charge in [0.1, 0.15) is 47.3 Å². The molecule has 0 radical (unpaired) electrons. The molecule has 61 heavy (non-hydrogen) atoms. The van der Waals surface area contributed by atoms with Crippen molar-refractivity contribution >= 4 is 0 Å². The first-order valence-electron chi connectivity index (χ1n) is 17.8. The van der Waals surface area contributed by atoms with Crippen molar-refractivity contribution in [3.05, 3.63) is 82.2 Å². The highest BCUT2D eigenvalue weighted by Crippen LogP contribution is 2.40. The van der Waals surface area contributed by atoms with Crippen molar-refractivity contribution in [2.24, 2.45) is 0 Å². The van der Waals surface area contributed by atoms with E-state index in [0.717, 1.165) is 0 Å². The van der Waals surface area contributed by atoms with Crippen molar-refractivity contribution in [2.45, 2.75) is 86.5 Å². The van der Waals surface area contributed by atoms with Crippen LogP contribution in [0.3, 0.4) is 0 Å². The molecule has 2 aromatic heterocycles. The minimum atomic E-state index is -4.84. The Balaban J connectivity index is 0.000000231. The predicted molar refractivity (Wildman–Crippen MR) is 185 cm³/mol. The fraction of sp³-hybridized carbons (Fsp3) is 0.500. The number of aromatic nitrogens is 4. The molecule has 4 heterocycles. The fourth-order valence-corrected chi connectivity index (χ4v) is 6.10. The van der Waals surface area contributed by atoms with Gasteiger partial charge in [0.15, 0.2) is 18.4 Å². The van der Waals surface area contributed by atoms with Crippen LogP contribution in [0, 0.1) is 0 Å². The topological polar surface area (TPSA) is 234 Å². The van der Waals surface area contributed by atoms with Crippen LogP contribution in [0.25, 0.3) is 0 Å². The van der Waals surface area contributed by atoms with Crippen LogP contribution in [0.15, 0.2) is 48.5 Å². The molecule has 4 aromatic rings. The summed E-state index contributed by atoms with van der Waals surface area (Å²) in [4.78, 5) is 0. The van der Waals surface area contributed by atoms with Crippen LogP contribution in [0.2, 0.25) is 0 Å². The Morgan fingerprint density at radius 3 is 1.46 bits per heavy atom. The van der Waals surface area contributed by atoms with Crippen molar-refractivity contribution in [3.8, 4) is 23.3 Å². The number of alkyl halides is 9. The third kappa shape index (κ3) is 10.6. The van der Waals surface area contributed by atoms with E-state index in [4.69, 9.17) is 38.6 Å². The van der Waals surface area contributed by atoms with Gasteiger partial charge in [-0.1, -0.05) is 24.3 Å². The van der Waals surface area contributed by atoms with Crippen molar-refractivity contribution in [1.82, 2.24) is 20.4 Å². The van der Waals surface area contributed by atoms with Crippen molar-refractivity contribution in [3.63, 3.8) is 0 Å². The lowest BCUT2D eigenvalue weighted by Crippen LogP contribution is -2.63. The van der Waals surface area contributed by atoms with Crippen LogP contribution in [-0.2, 0) is 34.7 Å². The molecular formula is C36H39F9N4O12. The lowest BCUT2D eigenvalue weighted by molar-refractivity contribution is -0.328. The Bertz CT molecular complexity index is 2010. The number of aromatic amines is 2. The molecule has 0 aliphatic carbocycles. The number of halogens is 9. The van der Waals surface area contributed by atoms with Crippen molar-refractivity contribution in [2.75, 3.05) is 27.4 Å². The second-order valence-electron chi connectivity index (χ2n) is 13.5. The second-order valence-corrected chi connectivity index (χ2v) is 13.5. The summed E-state index contributed by atoms with van der Waals surface area (Å²) >= 11 is 0. The van der Waals surface area contributed by atoms with Gasteiger partial charge in [-0.2, -0.15) is 26.3 Å². The van der Waals surface area contributed by atoms with E-state index in [1.54, 1.807) is 29.4 Å². The minimum absolute atomic E-state index is 0.245. The standard InChI is InChI=1S/C18H19F5N2O6.C18H20F4N2O6/c1-29-9-4-2-8(3-5-9)6-10-13(18(21,22)23)24-25-15(10)31-16-12(27)14(28)17(19,20)11(7-26)30-16;1-28-9-4-2-8(3-5-9)6-10-15(18(20,21)22)23-24-16(10)30-17-14(27)13(26)12(19)11(7-25)29-17/h2-5,11-12,14,16,26-28H,6-7H2,1H3,(H,24,25);2-5,11-14,17,25-27H,6-7H2,1H3,(H,23,24). The van der Waals surface area contributed by atoms with E-state index >= 15 is 0 Å². The van der Waals surface area contributed by atoms with Gasteiger partial charge in [-0.25, -0.2) is 13.2 Å². The summed E-state index contributed by atoms with van der Waals surface area (Å²) in [5.41, 5.74) is -2.35. The minimum Gasteiger partial charge on any atom is -0.497 e. The highest BCUT2D eigenvalue weighted by atomic mass is 19.4. The molecule has 16 nitrogen and oxygen atoms in total. The molecule has 9 atom stereocenters. The second kappa shape index (κ2) is 19.0. The van der Waals surface area contributed by atoms with E-state index in [0.29, 0.717) is 22.6 Å². The Labute approximate surface area is 338 Å². The van der Waals surface area contributed by atoms with Gasteiger partial charge in [0.05, 0.1) is 38.6 Å². The maximum absolute atomic E-state index is 13.9. The van der Waals surface area contributed by atoms with Crippen molar-refractivity contribution < 1.29 is 98.6 Å². The average molecular weight is 891 g/mol. The number of aliphatic hydroxyl groups excluding tert-OH is 6. The van der Waals surface area contributed by atoms with Crippen molar-refractivity contribution in [1.29, 1.82) is 0 Å². The van der Waals surface area contributed by atoms with E-state index in [2.05, 4.69) is 10.2 Å². The van der Waals surface area contributed by atoms with Gasteiger partial charge in [-0.05, 0) is 35.4 Å². The monoisotopic (exact) mass is 890 g/mol. The lowest BCUT2D eigenvalue weighted by Gasteiger charge is -2.41. The largest absolute Gasteiger partial charge is 0.497 e. The summed E-state index contributed by atoms with van der Waals surface area (Å²) in [7, 11) is 2.87. The van der Waals surface area contributed by atoms with Gasteiger partial charge in [-0.3, -0.25) is 10.2 Å². The number of aliphatic hydroxyl groups is 6. The first-order chi connectivity index (χ1) is 28.6. The summed E-state index contributed by atoms with van der Waals surface area (Å²) in [6.07, 6.45) is -28.7. The first kappa shape index (κ1) is 47.2. The smallest absolute Gasteiger partial charge is 0.433 e. The molecule has 338 valence electrons. The molecule has 0 bridgehead atoms. The van der Waals surface area contributed by atoms with Gasteiger partial charge >= 0.3 is 18.3 Å². The number of nitrogens with zero attached hydrogens (tertiary/aromatic N) is 2. The van der Waals surface area contributed by atoms with Gasteiger partial charge < -0.3 is 59.1 Å². The number of rotatable bonds is 12. The van der Waals surface area contributed by atoms with Crippen LogP contribution < -0.4 is 18.9 Å². The van der Waals surface area contributed by atoms with E-state index in [-0.39, 0.29) is 18.4 Å². The van der Waals surface area contributed by atoms with Crippen LogP contribution >= 0.6 is 0 Å². The zero-order valence-electron chi connectivity index (χ0n) is 31.6. The molecule has 2 saturated heterocycles. The quantitative estimate of drug-likeness (QED) is 0.0957. The molecule has 0 amide bonds. The van der Waals surface area contributed by atoms with Gasteiger partial charge in [-0.15, -0.1) is 10.2 Å². The highest BCUT2D eigenvalue weighted by Gasteiger charge is 2.58. The predicted octanol–water partition coefficient (Wildman–Crippen LogP) is 2.66. The zero-order valence-corrected chi connectivity index (χ0v) is 31.6. The third-order valence-electron chi connectivity index (χ3n) is 9.45. The van der Waals surface area contributed by atoms with E-state index in [1.807, 2.05) is 5.10 Å². The van der Waals surface area contributed by atoms with Crippen LogP contribution in [0.4, 0.5) is 39.5 Å². The molecule has 9 unspecified atom stereocenters. The summed E-state index contributed by atoms with van der Waals surface area (Å²) in [5.74, 6) is -4.22. The summed E-state index contributed by atoms with van der Waals surface area (Å²) in [6, 6.07) is 12.3. The van der Waals surface area contributed by atoms with Gasteiger partial charge in [0, 0.05) is 12.8 Å². The summed E-state index contributed by atoms with van der Waals surface area (Å²) in [6.45, 7) is -2.07. The molecule has 6 rings (SSSR count). The number of benzene rings is 2. The third-order valence-corrected chi connectivity index (χ3v) is 9.45. The average Bonchev–Trinajstić information content (AvgIpc) is 3.82. The van der Waals surface area contributed by atoms with Gasteiger partial charge in [0.2, 0.25) is 24.3 Å². The normalized spacial score (nSPS) is 26.5. The maximum atomic E-state index is 13.9. The Kier molecular flexibility index (Phi) is 14.7. The zero-order chi connectivity index (χ0) is 45.0. The Morgan fingerprint density at radius 1 is 0.656 bits per heavy atom.